The summed E-state index contributed by atoms with van der Waals surface area (Å²) in [5.74, 6) is -0.556. The van der Waals surface area contributed by atoms with Crippen molar-refractivity contribution in [3.8, 4) is 11.3 Å². The van der Waals surface area contributed by atoms with E-state index in [4.69, 9.17) is 4.74 Å². The fourth-order valence-corrected chi connectivity index (χ4v) is 4.60. The first kappa shape index (κ1) is 21.3. The molecule has 0 bridgehead atoms. The first-order valence-electron chi connectivity index (χ1n) is 10.6. The Bertz CT molecular complexity index is 1310. The number of carbonyl (C=O) groups excluding carboxylic acids is 2. The number of imidazole rings is 1. The minimum absolute atomic E-state index is 0.0321. The number of morpholine rings is 1. The van der Waals surface area contributed by atoms with Crippen molar-refractivity contribution < 1.29 is 18.7 Å². The molecule has 1 N–H and O–H groups in total. The Morgan fingerprint density at radius 2 is 1.91 bits per heavy atom. The average molecular weight is 465 g/mol. The molecule has 33 heavy (non-hydrogen) atoms. The molecule has 5 rings (SSSR count). The predicted molar refractivity (Wildman–Crippen MR) is 124 cm³/mol. The van der Waals surface area contributed by atoms with Crippen molar-refractivity contribution in [2.75, 3.05) is 31.6 Å². The zero-order valence-corrected chi connectivity index (χ0v) is 18.5. The fraction of sp³-hybridized carbons (Fsp3) is 0.208. The highest BCUT2D eigenvalue weighted by molar-refractivity contribution is 7.15. The Morgan fingerprint density at radius 3 is 2.70 bits per heavy atom. The maximum atomic E-state index is 13.1. The van der Waals surface area contributed by atoms with Crippen LogP contribution in [0.1, 0.15) is 16.1 Å². The number of carbonyl (C=O) groups is 2. The fourth-order valence-electron chi connectivity index (χ4n) is 3.75. The van der Waals surface area contributed by atoms with E-state index in [0.29, 0.717) is 43.4 Å². The van der Waals surface area contributed by atoms with Crippen LogP contribution in [-0.4, -0.2) is 52.4 Å². The van der Waals surface area contributed by atoms with Crippen LogP contribution in [0, 0.1) is 5.82 Å². The zero-order chi connectivity index (χ0) is 22.8. The van der Waals surface area contributed by atoms with Gasteiger partial charge in [-0.15, -0.1) is 11.3 Å². The monoisotopic (exact) mass is 464 g/mol. The van der Waals surface area contributed by atoms with Gasteiger partial charge in [-0.3, -0.25) is 14.0 Å². The molecular weight excluding hydrogens is 443 g/mol. The summed E-state index contributed by atoms with van der Waals surface area (Å²) < 4.78 is 20.2. The van der Waals surface area contributed by atoms with Gasteiger partial charge in [0.05, 0.1) is 25.3 Å². The number of nitrogens with zero attached hydrogens (tertiary/aromatic N) is 3. The van der Waals surface area contributed by atoms with Gasteiger partial charge in [0.15, 0.2) is 4.96 Å². The number of ether oxygens (including phenoxy) is 1. The smallest absolute Gasteiger partial charge is 0.271 e. The Balaban J connectivity index is 1.33. The molecule has 0 saturated carbocycles. The molecule has 9 heteroatoms. The molecule has 4 aromatic rings. The van der Waals surface area contributed by atoms with Gasteiger partial charge >= 0.3 is 0 Å². The van der Waals surface area contributed by atoms with Crippen molar-refractivity contribution >= 4 is 33.8 Å². The SMILES string of the molecule is O=C(Cc1ccc(F)cc1)Nc1cccc(-c2cn3c(C(=O)N4CCOCC4)csc3n2)c1. The third kappa shape index (κ3) is 4.64. The minimum Gasteiger partial charge on any atom is -0.378 e. The van der Waals surface area contributed by atoms with Gasteiger partial charge < -0.3 is 15.0 Å². The highest BCUT2D eigenvalue weighted by Gasteiger charge is 2.22. The number of hydrogen-bond acceptors (Lipinski definition) is 5. The van der Waals surface area contributed by atoms with E-state index in [1.54, 1.807) is 23.1 Å². The lowest BCUT2D eigenvalue weighted by Crippen LogP contribution is -2.41. The highest BCUT2D eigenvalue weighted by Crippen LogP contribution is 2.26. The maximum Gasteiger partial charge on any atom is 0.271 e. The summed E-state index contributed by atoms with van der Waals surface area (Å²) in [5, 5.41) is 4.71. The van der Waals surface area contributed by atoms with Gasteiger partial charge in [-0.25, -0.2) is 9.37 Å². The number of aromatic nitrogens is 2. The molecule has 2 aromatic carbocycles. The van der Waals surface area contributed by atoms with Crippen molar-refractivity contribution in [1.82, 2.24) is 14.3 Å². The number of anilines is 1. The molecular formula is C24H21FN4O3S. The van der Waals surface area contributed by atoms with Crippen LogP contribution in [0.5, 0.6) is 0 Å². The van der Waals surface area contributed by atoms with E-state index in [2.05, 4.69) is 10.3 Å². The first-order valence-corrected chi connectivity index (χ1v) is 11.4. The number of nitrogens with one attached hydrogen (secondary N) is 1. The lowest BCUT2D eigenvalue weighted by molar-refractivity contribution is -0.115. The first-order chi connectivity index (χ1) is 16.1. The third-order valence-corrected chi connectivity index (χ3v) is 6.29. The summed E-state index contributed by atoms with van der Waals surface area (Å²) in [4.78, 5) is 32.5. The van der Waals surface area contributed by atoms with E-state index in [1.807, 2.05) is 34.2 Å². The van der Waals surface area contributed by atoms with Crippen molar-refractivity contribution in [3.05, 3.63) is 77.2 Å². The topological polar surface area (TPSA) is 75.9 Å². The lowest BCUT2D eigenvalue weighted by atomic mass is 10.1. The van der Waals surface area contributed by atoms with Crippen LogP contribution in [0.15, 0.2) is 60.1 Å². The Morgan fingerprint density at radius 1 is 1.12 bits per heavy atom. The number of amides is 2. The van der Waals surface area contributed by atoms with Gasteiger partial charge in [0.2, 0.25) is 5.91 Å². The molecule has 1 saturated heterocycles. The summed E-state index contributed by atoms with van der Waals surface area (Å²) in [7, 11) is 0. The predicted octanol–water partition coefficient (Wildman–Crippen LogP) is 3.86. The third-order valence-electron chi connectivity index (χ3n) is 5.45. The summed E-state index contributed by atoms with van der Waals surface area (Å²) in [5.41, 5.74) is 3.50. The molecule has 0 aliphatic carbocycles. The molecule has 1 fully saturated rings. The van der Waals surface area contributed by atoms with Gasteiger partial charge in [0.25, 0.3) is 5.91 Å². The number of rotatable bonds is 5. The van der Waals surface area contributed by atoms with Crippen molar-refractivity contribution in [2.24, 2.45) is 0 Å². The van der Waals surface area contributed by atoms with E-state index in [1.165, 1.54) is 23.5 Å². The largest absolute Gasteiger partial charge is 0.378 e. The number of benzene rings is 2. The van der Waals surface area contributed by atoms with Crippen LogP contribution in [0.25, 0.3) is 16.2 Å². The number of halogens is 1. The van der Waals surface area contributed by atoms with Gasteiger partial charge in [-0.05, 0) is 29.8 Å². The van der Waals surface area contributed by atoms with E-state index in [9.17, 15) is 14.0 Å². The van der Waals surface area contributed by atoms with E-state index in [-0.39, 0.29) is 24.1 Å². The number of thiazole rings is 1. The van der Waals surface area contributed by atoms with E-state index < -0.39 is 0 Å². The molecule has 1 aliphatic heterocycles. The average Bonchev–Trinajstić information content (AvgIpc) is 3.42. The van der Waals surface area contributed by atoms with Crippen LogP contribution in [0.2, 0.25) is 0 Å². The number of hydrogen-bond donors (Lipinski definition) is 1. The molecule has 3 heterocycles. The quantitative estimate of drug-likeness (QED) is 0.487. The lowest BCUT2D eigenvalue weighted by Gasteiger charge is -2.26. The molecule has 168 valence electrons. The highest BCUT2D eigenvalue weighted by atomic mass is 32.1. The second kappa shape index (κ2) is 9.13. The molecule has 7 nitrogen and oxygen atoms in total. The molecule has 2 amide bonds. The van der Waals surface area contributed by atoms with Gasteiger partial charge in [0.1, 0.15) is 11.5 Å². The second-order valence-corrected chi connectivity index (χ2v) is 8.57. The van der Waals surface area contributed by atoms with E-state index in [0.717, 1.165) is 16.1 Å². The Hall–Kier alpha value is -3.56. The van der Waals surface area contributed by atoms with Crippen molar-refractivity contribution in [1.29, 1.82) is 0 Å². The summed E-state index contributed by atoms with van der Waals surface area (Å²) in [6.45, 7) is 2.26. The Labute approximate surface area is 193 Å². The molecule has 0 atom stereocenters. The van der Waals surface area contributed by atoms with Crippen molar-refractivity contribution in [3.63, 3.8) is 0 Å². The van der Waals surface area contributed by atoms with Crippen LogP contribution in [0.3, 0.4) is 0 Å². The summed E-state index contributed by atoms with van der Waals surface area (Å²) in [6.07, 6.45) is 2.00. The van der Waals surface area contributed by atoms with Crippen LogP contribution >= 0.6 is 11.3 Å². The normalized spacial score (nSPS) is 13.9. The van der Waals surface area contributed by atoms with Crippen molar-refractivity contribution in [2.45, 2.75) is 6.42 Å². The van der Waals surface area contributed by atoms with E-state index >= 15 is 0 Å². The molecule has 0 unspecified atom stereocenters. The molecule has 2 aromatic heterocycles. The maximum absolute atomic E-state index is 13.1. The Kier molecular flexibility index (Phi) is 5.89. The number of fused-ring (bicyclic) bond motifs is 1. The van der Waals surface area contributed by atoms with Crippen LogP contribution in [-0.2, 0) is 16.0 Å². The molecule has 0 radical (unpaired) electrons. The standard InChI is InChI=1S/C24H21FN4O3S/c25-18-6-4-16(5-7-18)12-22(30)26-19-3-1-2-17(13-19)20-14-29-21(15-33-24(29)27-20)23(31)28-8-10-32-11-9-28/h1-7,13-15H,8-12H2,(H,26,30). The van der Waals surface area contributed by atoms with Crippen LogP contribution in [0.4, 0.5) is 10.1 Å². The van der Waals surface area contributed by atoms with Crippen LogP contribution < -0.4 is 5.32 Å². The zero-order valence-electron chi connectivity index (χ0n) is 17.7. The van der Waals surface area contributed by atoms with Gasteiger partial charge in [0, 0.05) is 35.9 Å². The molecule has 1 aliphatic rings. The second-order valence-electron chi connectivity index (χ2n) is 7.74. The van der Waals surface area contributed by atoms with Gasteiger partial charge in [-0.1, -0.05) is 24.3 Å². The summed E-state index contributed by atoms with van der Waals surface area (Å²) >= 11 is 1.42. The summed E-state index contributed by atoms with van der Waals surface area (Å²) in [6, 6.07) is 13.3. The molecule has 0 spiro atoms. The van der Waals surface area contributed by atoms with Gasteiger partial charge in [-0.2, -0.15) is 0 Å². The minimum atomic E-state index is -0.332.